The van der Waals surface area contributed by atoms with E-state index in [1.165, 1.54) is 18.2 Å². The van der Waals surface area contributed by atoms with E-state index in [-0.39, 0.29) is 23.5 Å². The SMILES string of the molecule is CC.Cc1c(C(=O)Nc2ccc(OCc3ccccc3)cc2)cc(C2=CC(F)=CCC=C2C(=O)O)n1C. The summed E-state index contributed by atoms with van der Waals surface area (Å²) in [7, 11) is 1.72. The van der Waals surface area contributed by atoms with Gasteiger partial charge in [-0.15, -0.1) is 0 Å². The molecule has 1 aliphatic carbocycles. The van der Waals surface area contributed by atoms with Crippen LogP contribution in [-0.4, -0.2) is 21.6 Å². The summed E-state index contributed by atoms with van der Waals surface area (Å²) >= 11 is 0. The summed E-state index contributed by atoms with van der Waals surface area (Å²) in [6.07, 6.45) is 4.14. The largest absolute Gasteiger partial charge is 0.489 e. The monoisotopic (exact) mass is 502 g/mol. The van der Waals surface area contributed by atoms with Crippen molar-refractivity contribution in [3.05, 3.63) is 113 Å². The number of ether oxygens (including phenoxy) is 1. The lowest BCUT2D eigenvalue weighted by molar-refractivity contribution is -0.132. The number of carbonyl (C=O) groups excluding carboxylic acids is 1. The van der Waals surface area contributed by atoms with Gasteiger partial charge in [-0.05, 0) is 61.4 Å². The number of halogens is 1. The van der Waals surface area contributed by atoms with Gasteiger partial charge in [-0.3, -0.25) is 4.79 Å². The quantitative estimate of drug-likeness (QED) is 0.371. The lowest BCUT2D eigenvalue weighted by atomic mass is 10.0. The zero-order valence-corrected chi connectivity index (χ0v) is 21.4. The van der Waals surface area contributed by atoms with Crippen LogP contribution in [-0.2, 0) is 18.4 Å². The molecule has 192 valence electrons. The van der Waals surface area contributed by atoms with Crippen LogP contribution in [0.1, 0.15) is 47.6 Å². The number of anilines is 1. The third-order valence-corrected chi connectivity index (χ3v) is 5.85. The number of rotatable bonds is 7. The van der Waals surface area contributed by atoms with Gasteiger partial charge in [-0.1, -0.05) is 50.3 Å². The fourth-order valence-electron chi connectivity index (χ4n) is 3.85. The number of carbonyl (C=O) groups is 2. The van der Waals surface area contributed by atoms with Crippen LogP contribution < -0.4 is 10.1 Å². The molecule has 2 aromatic carbocycles. The highest BCUT2D eigenvalue weighted by Crippen LogP contribution is 2.31. The predicted molar refractivity (Wildman–Crippen MR) is 144 cm³/mol. The molecule has 2 N–H and O–H groups in total. The highest BCUT2D eigenvalue weighted by molar-refractivity contribution is 6.09. The fraction of sp³-hybridized carbons (Fsp3) is 0.200. The normalized spacial score (nSPS) is 12.7. The number of carboxylic acid groups (broad SMARTS) is 1. The molecule has 37 heavy (non-hydrogen) atoms. The third kappa shape index (κ3) is 6.64. The Balaban J connectivity index is 0.00000186. The van der Waals surface area contributed by atoms with Crippen LogP contribution in [0, 0.1) is 6.92 Å². The molecule has 1 amide bonds. The number of benzene rings is 2. The summed E-state index contributed by atoms with van der Waals surface area (Å²) in [5.41, 5.74) is 3.28. The van der Waals surface area contributed by atoms with Gasteiger partial charge in [0.05, 0.1) is 11.1 Å². The highest BCUT2D eigenvalue weighted by atomic mass is 19.1. The number of hydrogen-bond donors (Lipinski definition) is 2. The Labute approximate surface area is 216 Å². The third-order valence-electron chi connectivity index (χ3n) is 5.85. The summed E-state index contributed by atoms with van der Waals surface area (Å²) in [6, 6.07) is 18.4. The Morgan fingerprint density at radius 2 is 1.73 bits per heavy atom. The summed E-state index contributed by atoms with van der Waals surface area (Å²) in [5.74, 6) is -1.35. The first kappa shape index (κ1) is 27.2. The van der Waals surface area contributed by atoms with Gasteiger partial charge in [0.2, 0.25) is 0 Å². The van der Waals surface area contributed by atoms with Crippen LogP contribution in [0.5, 0.6) is 5.75 Å². The van der Waals surface area contributed by atoms with Gasteiger partial charge in [-0.2, -0.15) is 0 Å². The Morgan fingerprint density at radius 3 is 2.38 bits per heavy atom. The maximum atomic E-state index is 14.1. The van der Waals surface area contributed by atoms with E-state index in [0.717, 1.165) is 5.56 Å². The van der Waals surface area contributed by atoms with E-state index in [0.29, 0.717) is 35.0 Å². The first-order chi connectivity index (χ1) is 17.8. The highest BCUT2D eigenvalue weighted by Gasteiger charge is 2.24. The molecule has 0 spiro atoms. The number of allylic oxidation sites excluding steroid dienone is 4. The van der Waals surface area contributed by atoms with Crippen molar-refractivity contribution in [3.63, 3.8) is 0 Å². The Kier molecular flexibility index (Phi) is 9.21. The predicted octanol–water partition coefficient (Wildman–Crippen LogP) is 6.84. The van der Waals surface area contributed by atoms with E-state index in [2.05, 4.69) is 5.32 Å². The Bertz CT molecular complexity index is 1350. The number of aliphatic carboxylic acids is 1. The van der Waals surface area contributed by atoms with Crippen molar-refractivity contribution in [1.29, 1.82) is 0 Å². The fourth-order valence-corrected chi connectivity index (χ4v) is 3.85. The molecule has 0 saturated heterocycles. The number of hydrogen-bond acceptors (Lipinski definition) is 3. The van der Waals surface area contributed by atoms with Gasteiger partial charge in [0.1, 0.15) is 18.2 Å². The van der Waals surface area contributed by atoms with Gasteiger partial charge in [0, 0.05) is 29.7 Å². The first-order valence-corrected chi connectivity index (χ1v) is 12.1. The lowest BCUT2D eigenvalue weighted by Crippen LogP contribution is -2.12. The number of aromatic nitrogens is 1. The molecule has 1 heterocycles. The van der Waals surface area contributed by atoms with Gasteiger partial charge < -0.3 is 19.7 Å². The van der Waals surface area contributed by atoms with Crippen LogP contribution in [0.4, 0.5) is 10.1 Å². The van der Waals surface area contributed by atoms with E-state index in [9.17, 15) is 19.1 Å². The molecule has 0 aliphatic heterocycles. The molecule has 3 aromatic rings. The van der Waals surface area contributed by atoms with Gasteiger partial charge >= 0.3 is 5.97 Å². The second-order valence-electron chi connectivity index (χ2n) is 8.15. The molecule has 0 fully saturated rings. The van der Waals surface area contributed by atoms with Crippen LogP contribution in [0.15, 0.2) is 90.3 Å². The molecular formula is C30H31FN2O4. The van der Waals surface area contributed by atoms with Crippen molar-refractivity contribution in [1.82, 2.24) is 4.57 Å². The van der Waals surface area contributed by atoms with Gasteiger partial charge in [0.15, 0.2) is 0 Å². The van der Waals surface area contributed by atoms with Crippen molar-refractivity contribution in [2.75, 3.05) is 5.32 Å². The molecule has 7 heteroatoms. The van der Waals surface area contributed by atoms with E-state index >= 15 is 0 Å². The molecule has 6 nitrogen and oxygen atoms in total. The number of amides is 1. The summed E-state index contributed by atoms with van der Waals surface area (Å²) in [5, 5.41) is 12.5. The van der Waals surface area contributed by atoms with E-state index in [4.69, 9.17) is 4.74 Å². The van der Waals surface area contributed by atoms with Gasteiger partial charge in [0.25, 0.3) is 5.91 Å². The minimum absolute atomic E-state index is 0.00690. The van der Waals surface area contributed by atoms with E-state index < -0.39 is 11.8 Å². The standard InChI is InChI=1S/C28H25FN2O4.C2H6/c1-18-24(16-26(31(18)2)25-15-20(29)9-6-10-23(25)28(33)34)27(32)30-21-11-13-22(14-12-21)35-17-19-7-4-3-5-8-19;1-2/h3-5,7-16H,6,17H2,1-2H3,(H,30,32)(H,33,34);1-2H3. The second-order valence-corrected chi connectivity index (χ2v) is 8.15. The van der Waals surface area contributed by atoms with Crippen molar-refractivity contribution in [2.24, 2.45) is 7.05 Å². The number of nitrogens with one attached hydrogen (secondary N) is 1. The average molecular weight is 503 g/mol. The maximum Gasteiger partial charge on any atom is 0.336 e. The van der Waals surface area contributed by atoms with Crippen molar-refractivity contribution >= 4 is 23.1 Å². The average Bonchev–Trinajstić information content (AvgIpc) is 3.07. The second kappa shape index (κ2) is 12.5. The molecule has 0 atom stereocenters. The zero-order chi connectivity index (χ0) is 26.9. The Morgan fingerprint density at radius 1 is 1.05 bits per heavy atom. The minimum atomic E-state index is -1.15. The number of nitrogens with zero attached hydrogens (tertiary/aromatic N) is 1. The molecule has 1 aromatic heterocycles. The molecule has 0 saturated carbocycles. The molecule has 0 radical (unpaired) electrons. The van der Waals surface area contributed by atoms with Crippen LogP contribution >= 0.6 is 0 Å². The molecule has 4 rings (SSSR count). The van der Waals surface area contributed by atoms with Crippen LogP contribution in [0.2, 0.25) is 0 Å². The molecule has 1 aliphatic rings. The smallest absolute Gasteiger partial charge is 0.336 e. The van der Waals surface area contributed by atoms with Crippen LogP contribution in [0.25, 0.3) is 5.57 Å². The van der Waals surface area contributed by atoms with E-state index in [1.807, 2.05) is 44.2 Å². The Hall–Kier alpha value is -4.39. The van der Waals surface area contributed by atoms with Crippen molar-refractivity contribution < 1.29 is 23.8 Å². The summed E-state index contributed by atoms with van der Waals surface area (Å²) < 4.78 is 21.6. The van der Waals surface area contributed by atoms with Crippen molar-refractivity contribution in [2.45, 2.75) is 33.8 Å². The minimum Gasteiger partial charge on any atom is -0.489 e. The topological polar surface area (TPSA) is 80.6 Å². The molecular weight excluding hydrogens is 471 g/mol. The first-order valence-electron chi connectivity index (χ1n) is 12.1. The van der Waals surface area contributed by atoms with Crippen molar-refractivity contribution in [3.8, 4) is 5.75 Å². The lowest BCUT2D eigenvalue weighted by Gasteiger charge is -2.10. The number of carboxylic acids is 1. The zero-order valence-electron chi connectivity index (χ0n) is 21.4. The summed E-state index contributed by atoms with van der Waals surface area (Å²) in [6.45, 7) is 6.20. The molecule has 0 bridgehead atoms. The summed E-state index contributed by atoms with van der Waals surface area (Å²) in [4.78, 5) is 24.8. The maximum absolute atomic E-state index is 14.1. The van der Waals surface area contributed by atoms with Crippen LogP contribution in [0.3, 0.4) is 0 Å². The molecule has 0 unspecified atom stereocenters. The van der Waals surface area contributed by atoms with Gasteiger partial charge in [-0.25, -0.2) is 9.18 Å². The van der Waals surface area contributed by atoms with E-state index in [1.54, 1.807) is 48.9 Å².